The van der Waals surface area contributed by atoms with Gasteiger partial charge in [-0.1, -0.05) is 80.6 Å². The normalized spacial score (nSPS) is 16.9. The predicted molar refractivity (Wildman–Crippen MR) is 118 cm³/mol. The third kappa shape index (κ3) is 6.96. The van der Waals surface area contributed by atoms with Crippen molar-refractivity contribution in [3.05, 3.63) is 65.7 Å². The summed E-state index contributed by atoms with van der Waals surface area (Å²) in [6.45, 7) is 1.84. The molecule has 1 unspecified atom stereocenters. The third-order valence-corrected chi connectivity index (χ3v) is 5.86. The fourth-order valence-electron chi connectivity index (χ4n) is 4.19. The largest absolute Gasteiger partial charge is 0.496 e. The van der Waals surface area contributed by atoms with Crippen LogP contribution in [0.2, 0.25) is 0 Å². The highest BCUT2D eigenvalue weighted by Crippen LogP contribution is 2.18. The van der Waals surface area contributed by atoms with Crippen molar-refractivity contribution < 1.29 is 4.74 Å². The lowest BCUT2D eigenvalue weighted by Gasteiger charge is -2.26. The Kier molecular flexibility index (Phi) is 8.86. The smallest absolute Gasteiger partial charge is 0.123 e. The Morgan fingerprint density at radius 2 is 1.57 bits per heavy atom. The Labute approximate surface area is 170 Å². The molecule has 1 fully saturated rings. The van der Waals surface area contributed by atoms with Gasteiger partial charge < -0.3 is 15.4 Å². The van der Waals surface area contributed by atoms with Crippen LogP contribution in [0.3, 0.4) is 0 Å². The van der Waals surface area contributed by atoms with E-state index in [9.17, 15) is 0 Å². The Bertz CT molecular complexity index is 665. The van der Waals surface area contributed by atoms with E-state index in [-0.39, 0.29) is 0 Å². The van der Waals surface area contributed by atoms with Gasteiger partial charge in [-0.3, -0.25) is 0 Å². The van der Waals surface area contributed by atoms with Crippen LogP contribution in [0.4, 0.5) is 0 Å². The van der Waals surface area contributed by atoms with Crippen molar-refractivity contribution in [2.75, 3.05) is 13.7 Å². The fraction of sp³-hybridized carbons (Fsp3) is 0.520. The Hall–Kier alpha value is -1.84. The Morgan fingerprint density at radius 3 is 2.32 bits per heavy atom. The average Bonchev–Trinajstić information content (AvgIpc) is 2.72. The molecule has 3 rings (SSSR count). The summed E-state index contributed by atoms with van der Waals surface area (Å²) in [7, 11) is 1.75. The highest BCUT2D eigenvalue weighted by Gasteiger charge is 2.15. The van der Waals surface area contributed by atoms with Gasteiger partial charge in [0.2, 0.25) is 0 Å². The molecule has 2 N–H and O–H groups in total. The molecule has 0 heterocycles. The maximum absolute atomic E-state index is 5.52. The molecular formula is C25H36N2O. The number of ether oxygens (including phenoxy) is 1. The number of rotatable bonds is 9. The molecular weight excluding hydrogens is 344 g/mol. The van der Waals surface area contributed by atoms with Crippen LogP contribution in [0.5, 0.6) is 5.75 Å². The summed E-state index contributed by atoms with van der Waals surface area (Å²) >= 11 is 0. The van der Waals surface area contributed by atoms with E-state index in [2.05, 4.69) is 53.1 Å². The van der Waals surface area contributed by atoms with Crippen LogP contribution >= 0.6 is 0 Å². The molecule has 0 bridgehead atoms. The van der Waals surface area contributed by atoms with E-state index in [4.69, 9.17) is 4.74 Å². The molecule has 2 aromatic rings. The van der Waals surface area contributed by atoms with Crippen molar-refractivity contribution in [3.8, 4) is 5.75 Å². The van der Waals surface area contributed by atoms with Crippen molar-refractivity contribution in [2.45, 2.75) is 70.0 Å². The Morgan fingerprint density at radius 1 is 0.893 bits per heavy atom. The molecule has 0 aliphatic heterocycles. The minimum absolute atomic E-state index is 0.401. The summed E-state index contributed by atoms with van der Waals surface area (Å²) in [4.78, 5) is 0. The topological polar surface area (TPSA) is 33.3 Å². The summed E-state index contributed by atoms with van der Waals surface area (Å²) in [6.07, 6.45) is 10.6. The lowest BCUT2D eigenvalue weighted by Crippen LogP contribution is -2.43. The quantitative estimate of drug-likeness (QED) is 0.635. The molecule has 1 saturated carbocycles. The molecule has 2 aromatic carbocycles. The molecule has 0 aromatic heterocycles. The zero-order valence-electron chi connectivity index (χ0n) is 17.3. The molecule has 3 nitrogen and oxygen atoms in total. The minimum atomic E-state index is 0.401. The molecule has 152 valence electrons. The van der Waals surface area contributed by atoms with Gasteiger partial charge in [-0.25, -0.2) is 0 Å². The average molecular weight is 381 g/mol. The van der Waals surface area contributed by atoms with Gasteiger partial charge in [0.25, 0.3) is 0 Å². The summed E-state index contributed by atoms with van der Waals surface area (Å²) in [6, 6.07) is 20.2. The predicted octanol–water partition coefficient (Wildman–Crippen LogP) is 5.10. The van der Waals surface area contributed by atoms with Gasteiger partial charge in [0.15, 0.2) is 0 Å². The second kappa shape index (κ2) is 11.9. The van der Waals surface area contributed by atoms with Crippen molar-refractivity contribution in [1.82, 2.24) is 10.6 Å². The lowest BCUT2D eigenvalue weighted by molar-refractivity contribution is 0.361. The maximum Gasteiger partial charge on any atom is 0.123 e. The van der Waals surface area contributed by atoms with E-state index >= 15 is 0 Å². The van der Waals surface area contributed by atoms with E-state index in [1.165, 1.54) is 56.1 Å². The van der Waals surface area contributed by atoms with Crippen LogP contribution in [-0.4, -0.2) is 25.7 Å². The SMILES string of the molecule is COc1ccccc1CNC(CNC1CCCCCCC1)Cc1ccccc1. The first kappa shape index (κ1) is 20.9. The van der Waals surface area contributed by atoms with Crippen LogP contribution in [0.25, 0.3) is 0 Å². The molecule has 28 heavy (non-hydrogen) atoms. The zero-order chi connectivity index (χ0) is 19.4. The highest BCUT2D eigenvalue weighted by molar-refractivity contribution is 5.33. The fourth-order valence-corrected chi connectivity index (χ4v) is 4.19. The van der Waals surface area contributed by atoms with Gasteiger partial charge in [0, 0.05) is 30.7 Å². The van der Waals surface area contributed by atoms with E-state index < -0.39 is 0 Å². The number of benzene rings is 2. The number of hydrogen-bond acceptors (Lipinski definition) is 3. The summed E-state index contributed by atoms with van der Waals surface area (Å²) in [5.41, 5.74) is 2.61. The van der Waals surface area contributed by atoms with Crippen molar-refractivity contribution >= 4 is 0 Å². The molecule has 1 atom stereocenters. The van der Waals surface area contributed by atoms with E-state index in [0.29, 0.717) is 12.1 Å². The monoisotopic (exact) mass is 380 g/mol. The Balaban J connectivity index is 1.59. The summed E-state index contributed by atoms with van der Waals surface area (Å²) in [5.74, 6) is 0.960. The first-order valence-corrected chi connectivity index (χ1v) is 11.0. The van der Waals surface area contributed by atoms with Crippen molar-refractivity contribution in [3.63, 3.8) is 0 Å². The summed E-state index contributed by atoms with van der Waals surface area (Å²) < 4.78 is 5.52. The van der Waals surface area contributed by atoms with Crippen LogP contribution in [0, 0.1) is 0 Å². The van der Waals surface area contributed by atoms with E-state index in [1.54, 1.807) is 7.11 Å². The van der Waals surface area contributed by atoms with Gasteiger partial charge in [0.1, 0.15) is 5.75 Å². The van der Waals surface area contributed by atoms with Crippen molar-refractivity contribution in [1.29, 1.82) is 0 Å². The second-order valence-corrected chi connectivity index (χ2v) is 8.03. The van der Waals surface area contributed by atoms with Crippen molar-refractivity contribution in [2.24, 2.45) is 0 Å². The first-order valence-electron chi connectivity index (χ1n) is 11.0. The molecule has 0 saturated heterocycles. The van der Waals surface area contributed by atoms with Crippen LogP contribution in [-0.2, 0) is 13.0 Å². The lowest BCUT2D eigenvalue weighted by atomic mass is 9.96. The summed E-state index contributed by atoms with van der Waals surface area (Å²) in [5, 5.41) is 7.67. The van der Waals surface area contributed by atoms with Gasteiger partial charge in [0.05, 0.1) is 7.11 Å². The molecule has 0 amide bonds. The minimum Gasteiger partial charge on any atom is -0.496 e. The maximum atomic E-state index is 5.52. The van der Waals surface area contributed by atoms with Gasteiger partial charge >= 0.3 is 0 Å². The van der Waals surface area contributed by atoms with E-state index in [1.807, 2.05) is 12.1 Å². The van der Waals surface area contributed by atoms with Crippen LogP contribution in [0.1, 0.15) is 56.1 Å². The van der Waals surface area contributed by atoms with Gasteiger partial charge in [-0.2, -0.15) is 0 Å². The highest BCUT2D eigenvalue weighted by atomic mass is 16.5. The number of para-hydroxylation sites is 1. The number of methoxy groups -OCH3 is 1. The number of hydrogen-bond donors (Lipinski definition) is 2. The zero-order valence-corrected chi connectivity index (χ0v) is 17.3. The van der Waals surface area contributed by atoms with Gasteiger partial charge in [-0.05, 0) is 30.9 Å². The molecule has 0 spiro atoms. The number of nitrogens with one attached hydrogen (secondary N) is 2. The molecule has 0 radical (unpaired) electrons. The van der Waals surface area contributed by atoms with Crippen LogP contribution in [0.15, 0.2) is 54.6 Å². The second-order valence-electron chi connectivity index (χ2n) is 8.03. The van der Waals surface area contributed by atoms with E-state index in [0.717, 1.165) is 25.3 Å². The molecule has 3 heteroatoms. The van der Waals surface area contributed by atoms with Crippen LogP contribution < -0.4 is 15.4 Å². The first-order chi connectivity index (χ1) is 13.8. The third-order valence-electron chi connectivity index (χ3n) is 5.86. The van der Waals surface area contributed by atoms with Gasteiger partial charge in [-0.15, -0.1) is 0 Å². The molecule has 1 aliphatic carbocycles. The standard InChI is InChI=1S/C25H36N2O/c1-28-25-17-11-10-14-22(25)19-26-24(18-21-12-6-5-7-13-21)20-27-23-15-8-3-2-4-9-16-23/h5-7,10-14,17,23-24,26-27H,2-4,8-9,15-16,18-20H2,1H3. The molecule has 1 aliphatic rings.